The summed E-state index contributed by atoms with van der Waals surface area (Å²) >= 11 is 1.10. The van der Waals surface area contributed by atoms with Crippen LogP contribution in [0.2, 0.25) is 0 Å². The van der Waals surface area contributed by atoms with Crippen LogP contribution in [0.15, 0.2) is 4.40 Å². The van der Waals surface area contributed by atoms with E-state index in [1.807, 2.05) is 0 Å². The number of carbonyl (C=O) groups is 1. The van der Waals surface area contributed by atoms with Crippen molar-refractivity contribution in [2.45, 2.75) is 6.42 Å². The first-order valence-corrected chi connectivity index (χ1v) is 2.93. The Balaban J connectivity index is 2.39. The molecule has 1 aliphatic heterocycles. The summed E-state index contributed by atoms with van der Waals surface area (Å²) in [5.74, 6) is 0.255. The van der Waals surface area contributed by atoms with E-state index in [1.54, 1.807) is 0 Å². The normalized spacial score (nSPS) is 35.1. The Kier molecular flexibility index (Phi) is 0.479. The molecule has 3 heteroatoms. The van der Waals surface area contributed by atoms with Crippen molar-refractivity contribution in [2.75, 3.05) is 0 Å². The van der Waals surface area contributed by atoms with Gasteiger partial charge in [0.15, 0.2) is 0 Å². The van der Waals surface area contributed by atoms with Crippen molar-refractivity contribution in [3.05, 3.63) is 0 Å². The van der Waals surface area contributed by atoms with Gasteiger partial charge >= 0.3 is 0 Å². The number of fused-ring (bicyclic) bond motifs is 1. The van der Waals surface area contributed by atoms with E-state index in [4.69, 9.17) is 0 Å². The molecule has 1 heterocycles. The smallest absolute Gasteiger partial charge is 0.220 e. The van der Waals surface area contributed by atoms with E-state index in [1.165, 1.54) is 0 Å². The maximum atomic E-state index is 10.5. The number of hydrogen-bond acceptors (Lipinski definition) is 3. The van der Waals surface area contributed by atoms with Crippen LogP contribution in [0.3, 0.4) is 0 Å². The number of nitrogens with zero attached hydrogens (tertiary/aromatic N) is 1. The highest BCUT2D eigenvalue weighted by atomic mass is 32.2. The van der Waals surface area contributed by atoms with Crippen LogP contribution in [0.25, 0.3) is 0 Å². The van der Waals surface area contributed by atoms with Crippen molar-refractivity contribution < 1.29 is 4.79 Å². The highest BCUT2D eigenvalue weighted by Gasteiger charge is 2.43. The van der Waals surface area contributed by atoms with Crippen LogP contribution in [0.1, 0.15) is 6.42 Å². The largest absolute Gasteiger partial charge is 0.284 e. The lowest BCUT2D eigenvalue weighted by atomic mass is 10.5. The minimum atomic E-state index is 0.245. The molecule has 2 nitrogen and oxygen atoms in total. The summed E-state index contributed by atoms with van der Waals surface area (Å²) in [6, 6.07) is 0. The highest BCUT2D eigenvalue weighted by Crippen LogP contribution is 2.39. The first-order valence-electron chi connectivity index (χ1n) is 2.15. The third kappa shape index (κ3) is 0.359. The van der Waals surface area contributed by atoms with Crippen LogP contribution in [0, 0.1) is 5.92 Å². The monoisotopic (exact) mass is 113 g/mol. The summed E-state index contributed by atoms with van der Waals surface area (Å²) in [5.41, 5.74) is 1.11. The van der Waals surface area contributed by atoms with Gasteiger partial charge in [-0.25, -0.2) is 4.40 Å². The van der Waals surface area contributed by atoms with Crippen LogP contribution in [0.5, 0.6) is 0 Å². The third-order valence-corrected chi connectivity index (χ3v) is 1.98. The Morgan fingerprint density at radius 3 is 2.86 bits per heavy atom. The molecule has 0 spiro atoms. The van der Waals surface area contributed by atoms with Gasteiger partial charge in [0, 0.05) is 24.1 Å². The molecule has 1 saturated carbocycles. The van der Waals surface area contributed by atoms with E-state index in [9.17, 15) is 4.79 Å². The summed E-state index contributed by atoms with van der Waals surface area (Å²) in [6.45, 7) is 0. The minimum Gasteiger partial charge on any atom is -0.284 e. The van der Waals surface area contributed by atoms with Crippen molar-refractivity contribution in [3.8, 4) is 0 Å². The summed E-state index contributed by atoms with van der Waals surface area (Å²) in [4.78, 5) is 10.5. The van der Waals surface area contributed by atoms with Crippen molar-refractivity contribution >= 4 is 22.8 Å². The van der Waals surface area contributed by atoms with Gasteiger partial charge in [-0.15, -0.1) is 0 Å². The zero-order chi connectivity index (χ0) is 4.85. The first kappa shape index (κ1) is 3.66. The van der Waals surface area contributed by atoms with Gasteiger partial charge in [-0.2, -0.15) is 0 Å². The Bertz CT molecular complexity index is 163. The molecule has 0 saturated heterocycles. The molecule has 0 aromatic carbocycles. The Morgan fingerprint density at radius 2 is 2.71 bits per heavy atom. The summed E-state index contributed by atoms with van der Waals surface area (Å²) in [6.07, 6.45) is 0.950. The fourth-order valence-electron chi connectivity index (χ4n) is 0.638. The van der Waals surface area contributed by atoms with Gasteiger partial charge in [-0.05, 0) is 0 Å². The molecule has 2 aliphatic rings. The van der Waals surface area contributed by atoms with Crippen LogP contribution in [0.4, 0.5) is 0 Å². The zero-order valence-corrected chi connectivity index (χ0v) is 4.36. The topological polar surface area (TPSA) is 29.4 Å². The van der Waals surface area contributed by atoms with E-state index < -0.39 is 0 Å². The van der Waals surface area contributed by atoms with Gasteiger partial charge in [0.2, 0.25) is 5.12 Å². The number of rotatable bonds is 0. The number of hydrogen-bond donors (Lipinski definition) is 0. The van der Waals surface area contributed by atoms with Gasteiger partial charge in [-0.1, -0.05) is 0 Å². The molecule has 0 bridgehead atoms. The van der Waals surface area contributed by atoms with E-state index in [-0.39, 0.29) is 11.0 Å². The lowest BCUT2D eigenvalue weighted by Gasteiger charge is -1.76. The average Bonchev–Trinajstić information content (AvgIpc) is 2.33. The van der Waals surface area contributed by atoms with Gasteiger partial charge in [0.05, 0.1) is 5.92 Å². The van der Waals surface area contributed by atoms with Gasteiger partial charge in [0.25, 0.3) is 0 Å². The fourth-order valence-corrected chi connectivity index (χ4v) is 1.39. The molecule has 0 radical (unpaired) electrons. The van der Waals surface area contributed by atoms with Crippen molar-refractivity contribution in [2.24, 2.45) is 10.3 Å². The molecule has 0 N–H and O–H groups in total. The zero-order valence-electron chi connectivity index (χ0n) is 3.55. The summed E-state index contributed by atoms with van der Waals surface area (Å²) in [7, 11) is 0. The molecule has 1 unspecified atom stereocenters. The predicted molar refractivity (Wildman–Crippen MR) is 28.1 cm³/mol. The second kappa shape index (κ2) is 0.916. The average molecular weight is 113 g/mol. The van der Waals surface area contributed by atoms with E-state index in [0.717, 1.165) is 24.1 Å². The van der Waals surface area contributed by atoms with Crippen LogP contribution in [-0.2, 0) is 4.79 Å². The number of carbonyl (C=O) groups excluding carboxylic acids is 1. The van der Waals surface area contributed by atoms with E-state index >= 15 is 0 Å². The standard InChI is InChI=1S/C4H3NOS/c6-4-2-1-3(2)5-7-4/h2H,1H2. The van der Waals surface area contributed by atoms with Crippen LogP contribution >= 0.6 is 11.9 Å². The molecule has 7 heavy (non-hydrogen) atoms. The lowest BCUT2D eigenvalue weighted by Crippen LogP contribution is -1.86. The molecule has 0 amide bonds. The summed E-state index contributed by atoms with van der Waals surface area (Å²) in [5, 5.41) is 0.245. The SMILES string of the molecule is O=C1SN=C2CC12. The molecular formula is C4H3NOS. The maximum absolute atomic E-state index is 10.5. The van der Waals surface area contributed by atoms with Crippen LogP contribution < -0.4 is 0 Å². The van der Waals surface area contributed by atoms with Crippen LogP contribution in [-0.4, -0.2) is 10.8 Å². The van der Waals surface area contributed by atoms with Gasteiger partial charge in [0.1, 0.15) is 0 Å². The second-order valence-corrected chi connectivity index (χ2v) is 2.52. The molecule has 2 rings (SSSR count). The Labute approximate surface area is 45.1 Å². The third-order valence-electron chi connectivity index (χ3n) is 1.19. The quantitative estimate of drug-likeness (QED) is 0.431. The minimum absolute atomic E-state index is 0.245. The Morgan fingerprint density at radius 1 is 1.86 bits per heavy atom. The van der Waals surface area contributed by atoms with Crippen molar-refractivity contribution in [1.82, 2.24) is 0 Å². The molecule has 1 fully saturated rings. The first-order chi connectivity index (χ1) is 3.38. The molecule has 36 valence electrons. The molecule has 1 aliphatic carbocycles. The summed E-state index contributed by atoms with van der Waals surface area (Å²) < 4.78 is 3.88. The maximum Gasteiger partial charge on any atom is 0.220 e. The Hall–Kier alpha value is -0.310. The molecule has 0 aromatic heterocycles. The van der Waals surface area contributed by atoms with Gasteiger partial charge < -0.3 is 0 Å². The van der Waals surface area contributed by atoms with Crippen molar-refractivity contribution in [3.63, 3.8) is 0 Å². The fraction of sp³-hybridized carbons (Fsp3) is 0.500. The molecule has 0 aromatic rings. The second-order valence-electron chi connectivity index (χ2n) is 1.75. The van der Waals surface area contributed by atoms with Crippen molar-refractivity contribution in [1.29, 1.82) is 0 Å². The van der Waals surface area contributed by atoms with Gasteiger partial charge in [-0.3, -0.25) is 4.79 Å². The van der Waals surface area contributed by atoms with E-state index in [2.05, 4.69) is 4.40 Å². The van der Waals surface area contributed by atoms with E-state index in [0.29, 0.717) is 0 Å². The molecule has 1 atom stereocenters. The highest BCUT2D eigenvalue weighted by molar-refractivity contribution is 8.13. The molecular weight excluding hydrogens is 110 g/mol. The lowest BCUT2D eigenvalue weighted by molar-refractivity contribution is -0.111. The predicted octanol–water partition coefficient (Wildman–Crippen LogP) is 0.636.